The summed E-state index contributed by atoms with van der Waals surface area (Å²) in [6.07, 6.45) is 6.56. The Labute approximate surface area is 157 Å². The highest BCUT2D eigenvalue weighted by Gasteiger charge is 2.17. The molecule has 0 saturated carbocycles. The summed E-state index contributed by atoms with van der Waals surface area (Å²) in [6.45, 7) is 4.47. The van der Waals surface area contributed by atoms with E-state index in [4.69, 9.17) is 10.5 Å². The van der Waals surface area contributed by atoms with E-state index in [-0.39, 0.29) is 5.56 Å². The minimum atomic E-state index is -0.189. The van der Waals surface area contributed by atoms with Crippen LogP contribution in [0.3, 0.4) is 0 Å². The maximum absolute atomic E-state index is 13.1. The maximum atomic E-state index is 13.1. The molecule has 2 heterocycles. The van der Waals surface area contributed by atoms with Crippen LogP contribution in [0.2, 0.25) is 0 Å². The van der Waals surface area contributed by atoms with Gasteiger partial charge in [0.05, 0.1) is 24.1 Å². The fourth-order valence-corrected chi connectivity index (χ4v) is 3.15. The van der Waals surface area contributed by atoms with Gasteiger partial charge in [-0.2, -0.15) is 0 Å². The topological polar surface area (TPSA) is 87.4 Å². The number of fused-ring (bicyclic) bond motifs is 1. The number of aromatic nitrogens is 3. The van der Waals surface area contributed by atoms with Crippen LogP contribution in [0.5, 0.6) is 5.75 Å². The molecule has 7 heteroatoms. The molecule has 0 atom stereocenters. The van der Waals surface area contributed by atoms with E-state index in [1.807, 2.05) is 43.7 Å². The molecule has 2 aromatic heterocycles. The van der Waals surface area contributed by atoms with Gasteiger partial charge in [0.2, 0.25) is 0 Å². The van der Waals surface area contributed by atoms with Crippen molar-refractivity contribution in [1.82, 2.24) is 14.1 Å². The Morgan fingerprint density at radius 3 is 2.81 bits per heavy atom. The second kappa shape index (κ2) is 7.49. The molecule has 0 amide bonds. The average Bonchev–Trinajstić information content (AvgIpc) is 3.04. The van der Waals surface area contributed by atoms with Crippen molar-refractivity contribution in [2.45, 2.75) is 13.8 Å². The van der Waals surface area contributed by atoms with Crippen LogP contribution in [0.25, 0.3) is 22.3 Å². The number of aliphatic imine (C=N–C) groups is 1. The third-order valence-electron chi connectivity index (χ3n) is 4.37. The molecule has 3 aromatic rings. The van der Waals surface area contributed by atoms with Gasteiger partial charge in [0.15, 0.2) is 5.52 Å². The predicted octanol–water partition coefficient (Wildman–Crippen LogP) is 2.43. The zero-order chi connectivity index (χ0) is 19.6. The maximum Gasteiger partial charge on any atom is 0.283 e. The molecule has 0 aliphatic rings. The van der Waals surface area contributed by atoms with Crippen LogP contribution >= 0.6 is 0 Å². The van der Waals surface area contributed by atoms with Gasteiger partial charge in [-0.25, -0.2) is 4.98 Å². The zero-order valence-corrected chi connectivity index (χ0v) is 15.9. The third-order valence-corrected chi connectivity index (χ3v) is 4.37. The molecule has 0 saturated heterocycles. The first-order chi connectivity index (χ1) is 13.0. The van der Waals surface area contributed by atoms with Gasteiger partial charge in [-0.15, -0.1) is 0 Å². The number of pyridine rings is 1. The highest BCUT2D eigenvalue weighted by atomic mass is 16.5. The summed E-state index contributed by atoms with van der Waals surface area (Å²) >= 11 is 0. The van der Waals surface area contributed by atoms with Gasteiger partial charge >= 0.3 is 0 Å². The lowest BCUT2D eigenvalue weighted by atomic mass is 10.1. The number of nitrogens with zero attached hydrogens (tertiary/aromatic N) is 4. The summed E-state index contributed by atoms with van der Waals surface area (Å²) in [5.41, 5.74) is 9.92. The summed E-state index contributed by atoms with van der Waals surface area (Å²) in [5, 5.41) is 0. The molecule has 0 fully saturated rings. The highest BCUT2D eigenvalue weighted by molar-refractivity contribution is 6.13. The molecule has 7 nitrogen and oxygen atoms in total. The number of rotatable bonds is 5. The van der Waals surface area contributed by atoms with Gasteiger partial charge < -0.3 is 15.0 Å². The highest BCUT2D eigenvalue weighted by Crippen LogP contribution is 2.25. The van der Waals surface area contributed by atoms with Crippen molar-refractivity contribution in [3.63, 3.8) is 0 Å². The molecule has 0 aliphatic heterocycles. The van der Waals surface area contributed by atoms with Crippen LogP contribution in [-0.4, -0.2) is 34.0 Å². The molecule has 2 N–H and O–H groups in total. The van der Waals surface area contributed by atoms with Gasteiger partial charge in [0.25, 0.3) is 5.56 Å². The number of nitrogens with two attached hydrogens (primary N) is 1. The number of ether oxygens (including phenoxy) is 1. The minimum Gasteiger partial charge on any atom is -0.494 e. The first-order valence-corrected chi connectivity index (χ1v) is 8.66. The lowest BCUT2D eigenvalue weighted by molar-refractivity contribution is 0.340. The number of aryl methyl sites for hydroxylation is 2. The largest absolute Gasteiger partial charge is 0.494 e. The summed E-state index contributed by atoms with van der Waals surface area (Å²) < 4.78 is 8.96. The Hall–Kier alpha value is -3.35. The van der Waals surface area contributed by atoms with Crippen LogP contribution in [0.15, 0.2) is 46.7 Å². The normalized spacial score (nSPS) is 12.2. The summed E-state index contributed by atoms with van der Waals surface area (Å²) in [4.78, 5) is 21.5. The van der Waals surface area contributed by atoms with Crippen molar-refractivity contribution >= 4 is 22.8 Å². The van der Waals surface area contributed by atoms with Crippen molar-refractivity contribution < 1.29 is 4.74 Å². The van der Waals surface area contributed by atoms with Gasteiger partial charge in [0.1, 0.15) is 5.75 Å². The quantitative estimate of drug-likeness (QED) is 0.704. The van der Waals surface area contributed by atoms with Crippen LogP contribution in [-0.2, 0) is 7.05 Å². The van der Waals surface area contributed by atoms with E-state index in [9.17, 15) is 4.79 Å². The fraction of sp³-hybridized carbons (Fsp3) is 0.250. The molecule has 0 unspecified atom stereocenters. The molecule has 3 rings (SSSR count). The SMILES string of the molecule is CCOc1ccc(-n2cc(C(C=NC)=CN)c3c(ncn3C)c2=O)c(C)c1. The lowest BCUT2D eigenvalue weighted by Gasteiger charge is -2.14. The number of benzene rings is 1. The lowest BCUT2D eigenvalue weighted by Crippen LogP contribution is -2.20. The van der Waals surface area contributed by atoms with Crippen LogP contribution in [0, 0.1) is 6.92 Å². The first kappa shape index (κ1) is 18.4. The second-order valence-corrected chi connectivity index (χ2v) is 6.16. The van der Waals surface area contributed by atoms with Crippen molar-refractivity contribution in [3.8, 4) is 11.4 Å². The fourth-order valence-electron chi connectivity index (χ4n) is 3.15. The number of imidazole rings is 1. The molecule has 1 aromatic carbocycles. The Bertz CT molecular complexity index is 1110. The summed E-state index contributed by atoms with van der Waals surface area (Å²) in [6, 6.07) is 5.65. The van der Waals surface area contributed by atoms with E-state index in [2.05, 4.69) is 9.98 Å². The number of hydrogen-bond donors (Lipinski definition) is 1. The van der Waals surface area contributed by atoms with E-state index in [0.29, 0.717) is 17.7 Å². The van der Waals surface area contributed by atoms with E-state index in [1.54, 1.807) is 30.4 Å². The van der Waals surface area contributed by atoms with Crippen LogP contribution in [0.1, 0.15) is 18.1 Å². The molecular formula is C20H23N5O2. The van der Waals surface area contributed by atoms with Crippen molar-refractivity contribution in [3.05, 3.63) is 58.4 Å². The average molecular weight is 365 g/mol. The third kappa shape index (κ3) is 3.23. The molecular weight excluding hydrogens is 342 g/mol. The monoisotopic (exact) mass is 365 g/mol. The minimum absolute atomic E-state index is 0.189. The summed E-state index contributed by atoms with van der Waals surface area (Å²) in [5.74, 6) is 0.770. The first-order valence-electron chi connectivity index (χ1n) is 8.66. The van der Waals surface area contributed by atoms with E-state index < -0.39 is 0 Å². The van der Waals surface area contributed by atoms with Gasteiger partial charge in [0, 0.05) is 43.8 Å². The second-order valence-electron chi connectivity index (χ2n) is 6.16. The molecule has 27 heavy (non-hydrogen) atoms. The van der Waals surface area contributed by atoms with Gasteiger partial charge in [-0.3, -0.25) is 14.4 Å². The summed E-state index contributed by atoms with van der Waals surface area (Å²) in [7, 11) is 3.53. The molecule has 0 radical (unpaired) electrons. The molecule has 0 bridgehead atoms. The molecule has 140 valence electrons. The molecule has 0 aliphatic carbocycles. The van der Waals surface area contributed by atoms with Gasteiger partial charge in [-0.1, -0.05) is 0 Å². The predicted molar refractivity (Wildman–Crippen MR) is 109 cm³/mol. The Morgan fingerprint density at radius 2 is 2.19 bits per heavy atom. The molecule has 0 spiro atoms. The van der Waals surface area contributed by atoms with Crippen LogP contribution in [0.4, 0.5) is 0 Å². The Kier molecular flexibility index (Phi) is 5.12. The van der Waals surface area contributed by atoms with Crippen molar-refractivity contribution in [2.75, 3.05) is 13.7 Å². The standard InChI is InChI=1S/C20H23N5O2/c1-5-27-15-6-7-17(13(2)8-15)25-11-16(14(9-21)10-22-3)19-18(20(25)26)23-12-24(19)4/h6-12H,5,21H2,1-4H3. The number of hydrogen-bond acceptors (Lipinski definition) is 5. The van der Waals surface area contributed by atoms with Gasteiger partial charge in [-0.05, 0) is 37.6 Å². The van der Waals surface area contributed by atoms with Crippen molar-refractivity contribution in [2.24, 2.45) is 17.8 Å². The zero-order valence-electron chi connectivity index (χ0n) is 15.9. The smallest absolute Gasteiger partial charge is 0.283 e. The van der Waals surface area contributed by atoms with E-state index in [1.165, 1.54) is 6.20 Å². The Morgan fingerprint density at radius 1 is 1.41 bits per heavy atom. The van der Waals surface area contributed by atoms with E-state index >= 15 is 0 Å². The van der Waals surface area contributed by atoms with Crippen LogP contribution < -0.4 is 16.0 Å². The Balaban J connectivity index is 2.32. The number of allylic oxidation sites excluding steroid dienone is 1. The van der Waals surface area contributed by atoms with Crippen molar-refractivity contribution in [1.29, 1.82) is 0 Å². The van der Waals surface area contributed by atoms with E-state index in [0.717, 1.165) is 28.1 Å².